The standard InChI is InChI=1S/C19H20FNO2S/c1-23-18-9-7-15(13-17(18)20)8-10-19(22)21-11-12-24-14-16-5-3-2-4-6-16/h2-10,13H,11-12,14H2,1H3,(H,21,22)/b10-8+. The summed E-state index contributed by atoms with van der Waals surface area (Å²) < 4.78 is 18.4. The summed E-state index contributed by atoms with van der Waals surface area (Å²) >= 11 is 1.77. The van der Waals surface area contributed by atoms with Gasteiger partial charge in [0.25, 0.3) is 0 Å². The van der Waals surface area contributed by atoms with Crippen LogP contribution in [0, 0.1) is 5.82 Å². The van der Waals surface area contributed by atoms with E-state index < -0.39 is 5.82 Å². The van der Waals surface area contributed by atoms with Crippen LogP contribution in [0.2, 0.25) is 0 Å². The maximum Gasteiger partial charge on any atom is 0.244 e. The largest absolute Gasteiger partial charge is 0.494 e. The van der Waals surface area contributed by atoms with Crippen molar-refractivity contribution in [3.63, 3.8) is 0 Å². The highest BCUT2D eigenvalue weighted by Gasteiger charge is 2.02. The number of carbonyl (C=O) groups is 1. The van der Waals surface area contributed by atoms with Crippen molar-refractivity contribution >= 4 is 23.7 Å². The lowest BCUT2D eigenvalue weighted by atomic mass is 10.2. The third-order valence-electron chi connectivity index (χ3n) is 3.26. The predicted octanol–water partition coefficient (Wildman–Crippen LogP) is 3.90. The molecule has 0 bridgehead atoms. The molecule has 2 aromatic carbocycles. The molecule has 126 valence electrons. The van der Waals surface area contributed by atoms with Crippen molar-refractivity contribution < 1.29 is 13.9 Å². The van der Waals surface area contributed by atoms with Crippen LogP contribution in [0.5, 0.6) is 5.75 Å². The lowest BCUT2D eigenvalue weighted by Gasteiger charge is -2.04. The fraction of sp³-hybridized carbons (Fsp3) is 0.211. The first-order valence-electron chi connectivity index (χ1n) is 7.60. The molecule has 1 N–H and O–H groups in total. The number of carbonyl (C=O) groups excluding carboxylic acids is 1. The Labute approximate surface area is 145 Å². The van der Waals surface area contributed by atoms with Crippen molar-refractivity contribution in [2.75, 3.05) is 19.4 Å². The lowest BCUT2D eigenvalue weighted by Crippen LogP contribution is -2.23. The topological polar surface area (TPSA) is 38.3 Å². The number of amides is 1. The summed E-state index contributed by atoms with van der Waals surface area (Å²) in [4.78, 5) is 11.7. The Morgan fingerprint density at radius 1 is 1.25 bits per heavy atom. The average molecular weight is 345 g/mol. The first-order chi connectivity index (χ1) is 11.7. The predicted molar refractivity (Wildman–Crippen MR) is 97.6 cm³/mol. The smallest absolute Gasteiger partial charge is 0.244 e. The van der Waals surface area contributed by atoms with Crippen molar-refractivity contribution in [3.05, 3.63) is 71.6 Å². The minimum atomic E-state index is -0.447. The van der Waals surface area contributed by atoms with Crippen LogP contribution < -0.4 is 10.1 Å². The summed E-state index contributed by atoms with van der Waals surface area (Å²) in [5.41, 5.74) is 1.89. The van der Waals surface area contributed by atoms with Gasteiger partial charge in [-0.05, 0) is 29.3 Å². The van der Waals surface area contributed by atoms with Gasteiger partial charge in [0.15, 0.2) is 11.6 Å². The third-order valence-corrected chi connectivity index (χ3v) is 4.29. The zero-order chi connectivity index (χ0) is 17.2. The molecule has 3 nitrogen and oxygen atoms in total. The Balaban J connectivity index is 1.68. The molecule has 0 radical (unpaired) electrons. The molecule has 0 unspecified atom stereocenters. The van der Waals surface area contributed by atoms with Crippen LogP contribution >= 0.6 is 11.8 Å². The Morgan fingerprint density at radius 3 is 2.75 bits per heavy atom. The summed E-state index contributed by atoms with van der Waals surface area (Å²) in [5.74, 6) is 1.32. The summed E-state index contributed by atoms with van der Waals surface area (Å²) in [7, 11) is 1.41. The summed E-state index contributed by atoms with van der Waals surface area (Å²) in [5, 5.41) is 2.81. The molecule has 2 rings (SSSR count). The molecule has 0 fully saturated rings. The van der Waals surface area contributed by atoms with E-state index in [0.717, 1.165) is 11.5 Å². The molecular formula is C19H20FNO2S. The highest BCUT2D eigenvalue weighted by atomic mass is 32.2. The van der Waals surface area contributed by atoms with Crippen LogP contribution in [0.1, 0.15) is 11.1 Å². The van der Waals surface area contributed by atoms with E-state index in [1.54, 1.807) is 23.9 Å². The molecule has 0 heterocycles. The normalized spacial score (nSPS) is 10.8. The van der Waals surface area contributed by atoms with Gasteiger partial charge in [0.05, 0.1) is 7.11 Å². The molecule has 0 atom stereocenters. The van der Waals surface area contributed by atoms with Gasteiger partial charge in [0.2, 0.25) is 5.91 Å². The van der Waals surface area contributed by atoms with Crippen LogP contribution in [-0.2, 0) is 10.5 Å². The molecule has 0 aliphatic heterocycles. The molecule has 24 heavy (non-hydrogen) atoms. The van der Waals surface area contributed by atoms with E-state index >= 15 is 0 Å². The van der Waals surface area contributed by atoms with Crippen LogP contribution in [-0.4, -0.2) is 25.3 Å². The SMILES string of the molecule is COc1ccc(/C=C/C(=O)NCCSCc2ccccc2)cc1F. The van der Waals surface area contributed by atoms with E-state index in [1.807, 2.05) is 18.2 Å². The number of thioether (sulfide) groups is 1. The van der Waals surface area contributed by atoms with Crippen molar-refractivity contribution in [2.24, 2.45) is 0 Å². The van der Waals surface area contributed by atoms with Gasteiger partial charge in [-0.2, -0.15) is 11.8 Å². The van der Waals surface area contributed by atoms with Crippen LogP contribution in [0.25, 0.3) is 6.08 Å². The highest BCUT2D eigenvalue weighted by molar-refractivity contribution is 7.98. The fourth-order valence-corrected chi connectivity index (χ4v) is 2.85. The van der Waals surface area contributed by atoms with Gasteiger partial charge in [0.1, 0.15) is 0 Å². The maximum atomic E-state index is 13.5. The Bertz CT molecular complexity index is 689. The monoisotopic (exact) mass is 345 g/mol. The Hall–Kier alpha value is -2.27. The van der Waals surface area contributed by atoms with Gasteiger partial charge in [-0.1, -0.05) is 36.4 Å². The van der Waals surface area contributed by atoms with Crippen LogP contribution in [0.4, 0.5) is 4.39 Å². The third kappa shape index (κ3) is 6.08. The van der Waals surface area contributed by atoms with E-state index in [1.165, 1.54) is 30.9 Å². The van der Waals surface area contributed by atoms with E-state index in [-0.39, 0.29) is 11.7 Å². The minimum absolute atomic E-state index is 0.187. The second-order valence-electron chi connectivity index (χ2n) is 5.06. The molecule has 5 heteroatoms. The van der Waals surface area contributed by atoms with Crippen molar-refractivity contribution in [1.82, 2.24) is 5.32 Å². The first-order valence-corrected chi connectivity index (χ1v) is 8.75. The fourth-order valence-electron chi connectivity index (χ4n) is 2.03. The Morgan fingerprint density at radius 2 is 2.04 bits per heavy atom. The van der Waals surface area contributed by atoms with Gasteiger partial charge in [-0.25, -0.2) is 4.39 Å². The molecule has 0 saturated carbocycles. The number of halogens is 1. The number of hydrogen-bond acceptors (Lipinski definition) is 3. The van der Waals surface area contributed by atoms with E-state index in [9.17, 15) is 9.18 Å². The lowest BCUT2D eigenvalue weighted by molar-refractivity contribution is -0.116. The highest BCUT2D eigenvalue weighted by Crippen LogP contribution is 2.18. The van der Waals surface area contributed by atoms with Crippen LogP contribution in [0.15, 0.2) is 54.6 Å². The van der Waals surface area contributed by atoms with Crippen LogP contribution in [0.3, 0.4) is 0 Å². The van der Waals surface area contributed by atoms with Gasteiger partial charge in [-0.3, -0.25) is 4.79 Å². The zero-order valence-corrected chi connectivity index (χ0v) is 14.3. The maximum absolute atomic E-state index is 13.5. The molecule has 2 aromatic rings. The Kier molecular flexibility index (Phi) is 7.36. The zero-order valence-electron chi connectivity index (χ0n) is 13.5. The quantitative estimate of drug-likeness (QED) is 0.582. The van der Waals surface area contributed by atoms with E-state index in [2.05, 4.69) is 17.4 Å². The van der Waals surface area contributed by atoms with Gasteiger partial charge < -0.3 is 10.1 Å². The summed E-state index contributed by atoms with van der Waals surface area (Å²) in [6.45, 7) is 0.595. The van der Waals surface area contributed by atoms with Crippen molar-refractivity contribution in [3.8, 4) is 5.75 Å². The van der Waals surface area contributed by atoms with E-state index in [0.29, 0.717) is 12.1 Å². The second kappa shape index (κ2) is 9.78. The number of hydrogen-bond donors (Lipinski definition) is 1. The van der Waals surface area contributed by atoms with E-state index in [4.69, 9.17) is 4.74 Å². The average Bonchev–Trinajstić information content (AvgIpc) is 2.60. The van der Waals surface area contributed by atoms with Gasteiger partial charge in [-0.15, -0.1) is 0 Å². The number of ether oxygens (including phenoxy) is 1. The molecule has 0 saturated heterocycles. The molecule has 0 spiro atoms. The number of methoxy groups -OCH3 is 1. The minimum Gasteiger partial charge on any atom is -0.494 e. The molecule has 0 aliphatic rings. The number of nitrogens with one attached hydrogen (secondary N) is 1. The van der Waals surface area contributed by atoms with Crippen molar-refractivity contribution in [1.29, 1.82) is 0 Å². The molecule has 0 aromatic heterocycles. The van der Waals surface area contributed by atoms with Gasteiger partial charge >= 0.3 is 0 Å². The summed E-state index contributed by atoms with van der Waals surface area (Å²) in [6.07, 6.45) is 2.98. The molecule has 0 aliphatic carbocycles. The number of rotatable bonds is 8. The van der Waals surface area contributed by atoms with Gasteiger partial charge in [0, 0.05) is 24.1 Å². The molecular weight excluding hydrogens is 325 g/mol. The van der Waals surface area contributed by atoms with Crippen molar-refractivity contribution in [2.45, 2.75) is 5.75 Å². The second-order valence-corrected chi connectivity index (χ2v) is 6.16. The molecule has 1 amide bonds. The first kappa shape index (κ1) is 18.1. The number of benzene rings is 2. The summed E-state index contributed by atoms with van der Waals surface area (Å²) in [6, 6.07) is 14.8.